The first-order valence-electron chi connectivity index (χ1n) is 1.64. The molecule has 0 aliphatic rings. The lowest BCUT2D eigenvalue weighted by Gasteiger charge is -1.89. The maximum absolute atomic E-state index is 3.50. The van der Waals surface area contributed by atoms with Gasteiger partial charge < -0.3 is 0 Å². The van der Waals surface area contributed by atoms with Gasteiger partial charge in [-0.25, -0.2) is 0 Å². The standard InChI is InChI=1S/C4H8N2.H2/c1-4(2)6-5-3;/h6H,1,3H2,2H3;1H. The minimum absolute atomic E-state index is 0. The number of rotatable bonds is 2. The molecule has 0 aromatic heterocycles. The summed E-state index contributed by atoms with van der Waals surface area (Å²) in [6, 6.07) is 0. The van der Waals surface area contributed by atoms with E-state index < -0.39 is 0 Å². The molecule has 0 amide bonds. The van der Waals surface area contributed by atoms with Crippen LogP contribution in [0.4, 0.5) is 0 Å². The van der Waals surface area contributed by atoms with Crippen molar-refractivity contribution in [1.29, 1.82) is 0 Å². The van der Waals surface area contributed by atoms with Crippen molar-refractivity contribution in [3.8, 4) is 0 Å². The third-order valence-electron chi connectivity index (χ3n) is 0.270. The minimum atomic E-state index is 0. The fourth-order valence-electron chi connectivity index (χ4n) is 0.135. The summed E-state index contributed by atoms with van der Waals surface area (Å²) in [7, 11) is 0. The van der Waals surface area contributed by atoms with Crippen LogP contribution in [0.15, 0.2) is 17.4 Å². The predicted octanol–water partition coefficient (Wildman–Crippen LogP) is 0.971. The van der Waals surface area contributed by atoms with Gasteiger partial charge in [-0.05, 0) is 6.92 Å². The van der Waals surface area contributed by atoms with Gasteiger partial charge in [-0.1, -0.05) is 6.58 Å². The molecule has 0 bridgehead atoms. The molecule has 0 radical (unpaired) electrons. The second-order valence-electron chi connectivity index (χ2n) is 1.05. The number of hydrogen-bond acceptors (Lipinski definition) is 2. The first-order chi connectivity index (χ1) is 2.77. The molecule has 0 saturated carbocycles. The number of nitrogens with zero attached hydrogens (tertiary/aromatic N) is 1. The summed E-state index contributed by atoms with van der Waals surface area (Å²) in [5.41, 5.74) is 3.34. The van der Waals surface area contributed by atoms with E-state index in [2.05, 4.69) is 23.8 Å². The first kappa shape index (κ1) is 5.21. The fourth-order valence-corrected chi connectivity index (χ4v) is 0.135. The van der Waals surface area contributed by atoms with Gasteiger partial charge in [-0.3, -0.25) is 5.43 Å². The number of allylic oxidation sites excluding steroid dienone is 1. The van der Waals surface area contributed by atoms with Crippen LogP contribution in [0, 0.1) is 0 Å². The lowest BCUT2D eigenvalue weighted by atomic mass is 10.6. The highest BCUT2D eigenvalue weighted by molar-refractivity contribution is 5.22. The molecule has 2 nitrogen and oxygen atoms in total. The first-order valence-corrected chi connectivity index (χ1v) is 1.64. The Morgan fingerprint density at radius 2 is 2.50 bits per heavy atom. The highest BCUT2D eigenvalue weighted by Crippen LogP contribution is 1.72. The molecule has 1 N–H and O–H groups in total. The van der Waals surface area contributed by atoms with E-state index in [4.69, 9.17) is 0 Å². The lowest BCUT2D eigenvalue weighted by molar-refractivity contribution is 0.904. The Hall–Kier alpha value is -0.790. The van der Waals surface area contributed by atoms with Gasteiger partial charge in [0.2, 0.25) is 0 Å². The molecule has 0 saturated heterocycles. The molecule has 0 unspecified atom stereocenters. The minimum Gasteiger partial charge on any atom is -0.284 e. The molecule has 0 spiro atoms. The average Bonchev–Trinajstić information content (AvgIpc) is 1.35. The molecule has 0 aliphatic carbocycles. The topological polar surface area (TPSA) is 24.4 Å². The van der Waals surface area contributed by atoms with Gasteiger partial charge in [0.05, 0.1) is 0 Å². The van der Waals surface area contributed by atoms with Crippen LogP contribution in [0.5, 0.6) is 0 Å². The van der Waals surface area contributed by atoms with E-state index >= 15 is 0 Å². The average molecular weight is 86.1 g/mol. The van der Waals surface area contributed by atoms with Crippen molar-refractivity contribution in [2.75, 3.05) is 0 Å². The second-order valence-corrected chi connectivity index (χ2v) is 1.05. The van der Waals surface area contributed by atoms with E-state index in [1.165, 1.54) is 0 Å². The SMILES string of the molecule is C=NNC(=C)C.[HH]. The summed E-state index contributed by atoms with van der Waals surface area (Å²) in [5.74, 6) is 0. The Balaban J connectivity index is 0. The molecule has 36 valence electrons. The number of nitrogens with one attached hydrogen (secondary N) is 1. The quantitative estimate of drug-likeness (QED) is 0.393. The summed E-state index contributed by atoms with van der Waals surface area (Å²) in [6.07, 6.45) is 0. The van der Waals surface area contributed by atoms with Gasteiger partial charge in [0.25, 0.3) is 0 Å². The Bertz CT molecular complexity index is 70.1. The van der Waals surface area contributed by atoms with Crippen molar-refractivity contribution in [3.63, 3.8) is 0 Å². The van der Waals surface area contributed by atoms with Crippen molar-refractivity contribution in [2.45, 2.75) is 6.92 Å². The molecule has 0 aromatic carbocycles. The zero-order chi connectivity index (χ0) is 4.99. The van der Waals surface area contributed by atoms with Gasteiger partial charge in [-0.2, -0.15) is 5.10 Å². The third-order valence-corrected chi connectivity index (χ3v) is 0.270. The van der Waals surface area contributed by atoms with Crippen LogP contribution in [0.25, 0.3) is 0 Å². The summed E-state index contributed by atoms with van der Waals surface area (Å²) in [6.45, 7) is 8.49. The van der Waals surface area contributed by atoms with E-state index in [1.807, 2.05) is 6.92 Å². The highest BCUT2D eigenvalue weighted by atomic mass is 15.3. The van der Waals surface area contributed by atoms with E-state index in [9.17, 15) is 0 Å². The molecule has 2 heteroatoms. The van der Waals surface area contributed by atoms with Crippen LogP contribution < -0.4 is 5.43 Å². The maximum Gasteiger partial charge on any atom is 0.0233 e. The zero-order valence-electron chi connectivity index (χ0n) is 3.86. The molecule has 0 atom stereocenters. The molecule has 0 rings (SSSR count). The van der Waals surface area contributed by atoms with Crippen molar-refractivity contribution in [2.24, 2.45) is 5.10 Å². The molecule has 0 fully saturated rings. The molecule has 0 aliphatic heterocycles. The van der Waals surface area contributed by atoms with E-state index in [0.29, 0.717) is 0 Å². The van der Waals surface area contributed by atoms with Crippen LogP contribution in [-0.2, 0) is 0 Å². The van der Waals surface area contributed by atoms with Crippen LogP contribution in [0.1, 0.15) is 8.35 Å². The Morgan fingerprint density at radius 1 is 2.00 bits per heavy atom. The third kappa shape index (κ3) is 3.21. The van der Waals surface area contributed by atoms with Gasteiger partial charge in [-0.15, -0.1) is 0 Å². The number of hydrazone groups is 1. The van der Waals surface area contributed by atoms with Gasteiger partial charge >= 0.3 is 0 Å². The lowest BCUT2D eigenvalue weighted by Crippen LogP contribution is -1.96. The van der Waals surface area contributed by atoms with Crippen molar-refractivity contribution >= 4 is 6.72 Å². The monoisotopic (exact) mass is 86.1 g/mol. The van der Waals surface area contributed by atoms with Crippen LogP contribution >= 0.6 is 0 Å². The molecule has 6 heavy (non-hydrogen) atoms. The zero-order valence-corrected chi connectivity index (χ0v) is 3.86. The van der Waals surface area contributed by atoms with Crippen molar-refractivity contribution < 1.29 is 1.43 Å². The van der Waals surface area contributed by atoms with E-state index in [0.717, 1.165) is 5.70 Å². The summed E-state index contributed by atoms with van der Waals surface area (Å²) < 4.78 is 0. The molecule has 0 aromatic rings. The fraction of sp³-hybridized carbons (Fsp3) is 0.250. The van der Waals surface area contributed by atoms with Crippen molar-refractivity contribution in [1.82, 2.24) is 5.43 Å². The van der Waals surface area contributed by atoms with E-state index in [1.54, 1.807) is 0 Å². The van der Waals surface area contributed by atoms with Gasteiger partial charge in [0.1, 0.15) is 0 Å². The van der Waals surface area contributed by atoms with Crippen LogP contribution in [-0.4, -0.2) is 6.72 Å². The van der Waals surface area contributed by atoms with Crippen LogP contribution in [0.2, 0.25) is 0 Å². The predicted molar refractivity (Wildman–Crippen MR) is 29.6 cm³/mol. The largest absolute Gasteiger partial charge is 0.284 e. The van der Waals surface area contributed by atoms with Gasteiger partial charge in [0.15, 0.2) is 0 Å². The van der Waals surface area contributed by atoms with Crippen molar-refractivity contribution in [3.05, 3.63) is 12.3 Å². The smallest absolute Gasteiger partial charge is 0.0233 e. The molecule has 0 heterocycles. The molecular weight excluding hydrogens is 76.1 g/mol. The van der Waals surface area contributed by atoms with Crippen LogP contribution in [0.3, 0.4) is 0 Å². The van der Waals surface area contributed by atoms with Gasteiger partial charge in [0, 0.05) is 13.8 Å². The molecular formula is C4H10N2. The summed E-state index contributed by atoms with van der Waals surface area (Å²) >= 11 is 0. The Labute approximate surface area is 39.0 Å². The maximum atomic E-state index is 3.50. The number of hydrogen-bond donors (Lipinski definition) is 1. The summed E-state index contributed by atoms with van der Waals surface area (Å²) in [5, 5.41) is 3.34. The normalized spacial score (nSPS) is 6.83. The van der Waals surface area contributed by atoms with E-state index in [-0.39, 0.29) is 1.43 Å². The second kappa shape index (κ2) is 2.45. The Morgan fingerprint density at radius 3 is 2.50 bits per heavy atom. The summed E-state index contributed by atoms with van der Waals surface area (Å²) in [4.78, 5) is 0. The Kier molecular flexibility index (Phi) is 2.13. The highest BCUT2D eigenvalue weighted by Gasteiger charge is 1.67.